The van der Waals surface area contributed by atoms with Gasteiger partial charge in [0.15, 0.2) is 33.1 Å². The maximum absolute atomic E-state index is 12.8. The fourth-order valence-corrected chi connectivity index (χ4v) is 6.15. The number of imidazole rings is 3. The Balaban J connectivity index is 0.000000200. The number of fused-ring (bicyclic) bond motifs is 3. The molecule has 0 N–H and O–H groups in total. The van der Waals surface area contributed by atoms with E-state index in [1.54, 1.807) is 36.4 Å². The molecular weight excluding hydrogens is 781 g/mol. The molecule has 9 nitrogen and oxygen atoms in total. The average Bonchev–Trinajstić information content (AvgIpc) is 3.50. The molecule has 0 bridgehead atoms. The third kappa shape index (κ3) is 9.24. The fraction of sp³-hybridized carbons (Fsp3) is 0.300. The molecule has 6 aromatic rings. The zero-order valence-electron chi connectivity index (χ0n) is 27.7. The molecule has 3 heterocycles. The summed E-state index contributed by atoms with van der Waals surface area (Å²) in [6, 6.07) is 14.0. The van der Waals surface area contributed by atoms with Crippen molar-refractivity contribution in [2.75, 3.05) is 0 Å². The van der Waals surface area contributed by atoms with Crippen molar-refractivity contribution >= 4 is 75.2 Å². The minimum atomic E-state index is -4.38. The van der Waals surface area contributed by atoms with Crippen LogP contribution in [0.2, 0.25) is 15.1 Å². The molecular formula is C30H27BCl3F9N6O3. The smallest absolute Gasteiger partial charge is 0.495 e. The zero-order valence-corrected chi connectivity index (χ0v) is 30.0. The Morgan fingerprint density at radius 3 is 0.846 bits per heavy atom. The summed E-state index contributed by atoms with van der Waals surface area (Å²) < 4.78 is 122. The molecule has 3 aromatic carbocycles. The third-order valence-corrected chi connectivity index (χ3v) is 8.35. The van der Waals surface area contributed by atoms with Crippen LogP contribution in [0.25, 0.3) is 33.1 Å². The van der Waals surface area contributed by atoms with Gasteiger partial charge in [-0.05, 0) is 36.4 Å². The number of benzene rings is 3. The van der Waals surface area contributed by atoms with Crippen LogP contribution in [0.15, 0.2) is 54.6 Å². The van der Waals surface area contributed by atoms with Crippen LogP contribution in [0.3, 0.4) is 0 Å². The number of halogens is 12. The van der Waals surface area contributed by atoms with Crippen LogP contribution in [0, 0.1) is 0 Å². The van der Waals surface area contributed by atoms with Gasteiger partial charge in [0.05, 0.1) is 42.3 Å². The Kier molecular flexibility index (Phi) is 12.9. The molecule has 0 aliphatic carbocycles. The number of hydrogen-bond donors (Lipinski definition) is 0. The molecule has 0 radical (unpaired) electrons. The molecule has 0 saturated carbocycles. The van der Waals surface area contributed by atoms with E-state index in [1.807, 2.05) is 0 Å². The predicted octanol–water partition coefficient (Wildman–Crippen LogP) is 4.08. The first kappa shape index (κ1) is 42.7. The Hall–Kier alpha value is -3.75. The van der Waals surface area contributed by atoms with Crippen LogP contribution in [-0.4, -0.2) is 21.0 Å². The summed E-state index contributed by atoms with van der Waals surface area (Å²) in [7, 11) is 5.38. The normalized spacial score (nSPS) is 11.9. The van der Waals surface area contributed by atoms with Gasteiger partial charge in [0, 0.05) is 33.3 Å². The van der Waals surface area contributed by atoms with Gasteiger partial charge in [0.1, 0.15) is 0 Å². The van der Waals surface area contributed by atoms with Gasteiger partial charge >= 0.3 is 36.0 Å². The second-order valence-corrected chi connectivity index (χ2v) is 12.3. The minimum absolute atomic E-state index is 0.419. The third-order valence-electron chi connectivity index (χ3n) is 7.65. The topological polar surface area (TPSA) is 95.6 Å². The number of aromatic nitrogens is 6. The maximum Gasteiger partial charge on any atom is 0.495 e. The molecule has 282 valence electrons. The van der Waals surface area contributed by atoms with Gasteiger partial charge in [0.2, 0.25) is 0 Å². The lowest BCUT2D eigenvalue weighted by Crippen LogP contribution is -2.56. The van der Waals surface area contributed by atoms with E-state index in [0.29, 0.717) is 48.2 Å². The zero-order chi connectivity index (χ0) is 39.8. The van der Waals surface area contributed by atoms with E-state index in [0.717, 1.165) is 27.4 Å². The van der Waals surface area contributed by atoms with Gasteiger partial charge in [-0.2, -0.15) is 39.5 Å². The highest BCUT2D eigenvalue weighted by Crippen LogP contribution is 2.32. The van der Waals surface area contributed by atoms with Crippen molar-refractivity contribution in [2.24, 2.45) is 42.3 Å². The Morgan fingerprint density at radius 2 is 0.673 bits per heavy atom. The molecule has 0 aliphatic rings. The lowest BCUT2D eigenvalue weighted by Gasteiger charge is -2.35. The van der Waals surface area contributed by atoms with E-state index in [2.05, 4.69) is 0 Å². The van der Waals surface area contributed by atoms with Crippen LogP contribution in [-0.2, 0) is 60.8 Å². The summed E-state index contributed by atoms with van der Waals surface area (Å²) in [5.41, 5.74) is 2.88. The van der Waals surface area contributed by atoms with Crippen molar-refractivity contribution in [1.29, 1.82) is 0 Å². The molecule has 0 aliphatic heterocycles. The highest BCUT2D eigenvalue weighted by molar-refractivity contribution is 6.31. The van der Waals surface area contributed by atoms with Crippen LogP contribution in [0.1, 0.15) is 17.5 Å². The van der Waals surface area contributed by atoms with E-state index in [-0.39, 0.29) is 0 Å². The van der Waals surface area contributed by atoms with Gasteiger partial charge in [-0.1, -0.05) is 34.8 Å². The van der Waals surface area contributed by atoms with Crippen molar-refractivity contribution in [3.63, 3.8) is 0 Å². The molecule has 52 heavy (non-hydrogen) atoms. The van der Waals surface area contributed by atoms with Gasteiger partial charge in [-0.15, -0.1) is 0 Å². The lowest BCUT2D eigenvalue weighted by atomic mass is 10.3. The number of nitrogens with zero attached hydrogens (tertiary/aromatic N) is 6. The van der Waals surface area contributed by atoms with E-state index in [9.17, 15) is 39.5 Å². The Labute approximate surface area is 304 Å². The first-order chi connectivity index (χ1) is 23.7. The number of rotatable bonds is 0. The van der Waals surface area contributed by atoms with Crippen molar-refractivity contribution in [3.05, 3.63) is 87.1 Å². The summed E-state index contributed by atoms with van der Waals surface area (Å²) in [6.45, 7) is 0. The second kappa shape index (κ2) is 15.7. The van der Waals surface area contributed by atoms with Crippen molar-refractivity contribution in [1.82, 2.24) is 13.7 Å². The lowest BCUT2D eigenvalue weighted by molar-refractivity contribution is -0.667. The molecule has 0 atom stereocenters. The van der Waals surface area contributed by atoms with Crippen molar-refractivity contribution in [2.45, 2.75) is 18.5 Å². The average molecular weight is 808 g/mol. The molecule has 0 amide bonds. The molecule has 0 fully saturated rings. The summed E-state index contributed by atoms with van der Waals surface area (Å²) in [5, 5.41) is 26.5. The van der Waals surface area contributed by atoms with E-state index >= 15 is 0 Å². The first-order valence-corrected chi connectivity index (χ1v) is 15.4. The molecule has 3 aromatic heterocycles. The fourth-order valence-electron chi connectivity index (χ4n) is 5.65. The van der Waals surface area contributed by atoms with E-state index in [1.165, 1.54) is 60.5 Å². The second-order valence-electron chi connectivity index (χ2n) is 11.0. The van der Waals surface area contributed by atoms with Gasteiger partial charge in [0.25, 0.3) is 0 Å². The largest absolute Gasteiger partial charge is 0.907 e. The number of aryl methyl sites for hydroxylation is 6. The Bertz CT molecular complexity index is 1990. The van der Waals surface area contributed by atoms with Gasteiger partial charge in [-0.3, -0.25) is 7.32 Å². The number of hydrogen-bond acceptors (Lipinski definition) is 3. The standard InChI is InChI=1S/3C10H9ClF3N2.BO3/c3*1-15-7-4-3-6(11)5-8(7)16(2)9(15)10(12,13)14;2-1(3)4/h3*3-5H,1-2H3;/q3*+1;-3. The molecule has 0 saturated heterocycles. The van der Waals surface area contributed by atoms with Crippen LogP contribution < -0.4 is 28.8 Å². The van der Waals surface area contributed by atoms with Gasteiger partial charge in [-0.25, -0.2) is 27.4 Å². The minimum Gasteiger partial charge on any atom is -0.907 e. The van der Waals surface area contributed by atoms with Gasteiger partial charge < -0.3 is 15.1 Å². The van der Waals surface area contributed by atoms with Crippen LogP contribution in [0.4, 0.5) is 39.5 Å². The summed E-state index contributed by atoms with van der Waals surface area (Å²) in [6.07, 6.45) is -13.1. The quantitative estimate of drug-likeness (QED) is 0.132. The van der Waals surface area contributed by atoms with E-state index < -0.39 is 43.3 Å². The summed E-state index contributed by atoms with van der Waals surface area (Å²) in [5.74, 6) is -2.11. The molecule has 6 rings (SSSR count). The molecule has 22 heteroatoms. The molecule has 0 spiro atoms. The van der Waals surface area contributed by atoms with E-state index in [4.69, 9.17) is 49.9 Å². The SMILES string of the molecule is Cn1c(C(F)(F)F)[n+](C)c2ccc(Cl)cc21.Cn1c(C(F)(F)F)[n+](C)c2ccc(Cl)cc21.Cn1c(C(F)(F)F)[n+](C)c2ccc(Cl)cc21.[O-]B([O-])[O-]. The Morgan fingerprint density at radius 1 is 0.481 bits per heavy atom. The summed E-state index contributed by atoms with van der Waals surface area (Å²) in [4.78, 5) is 0. The summed E-state index contributed by atoms with van der Waals surface area (Å²) >= 11 is 17.3. The first-order valence-electron chi connectivity index (χ1n) is 14.3. The maximum atomic E-state index is 12.8. The monoisotopic (exact) mass is 806 g/mol. The molecule has 0 unspecified atom stereocenters. The highest BCUT2D eigenvalue weighted by atomic mass is 35.5. The number of alkyl halides is 9. The van der Waals surface area contributed by atoms with Crippen molar-refractivity contribution < 1.29 is 68.3 Å². The van der Waals surface area contributed by atoms with Crippen LogP contribution in [0.5, 0.6) is 0 Å². The predicted molar refractivity (Wildman–Crippen MR) is 168 cm³/mol. The van der Waals surface area contributed by atoms with Crippen LogP contribution >= 0.6 is 34.8 Å². The van der Waals surface area contributed by atoms with Crippen molar-refractivity contribution in [3.8, 4) is 0 Å². The highest BCUT2D eigenvalue weighted by Gasteiger charge is 2.47.